The molecule has 0 atom stereocenters. The van der Waals surface area contributed by atoms with Crippen molar-refractivity contribution in [1.82, 2.24) is 5.43 Å². The highest BCUT2D eigenvalue weighted by molar-refractivity contribution is 5.96. The summed E-state index contributed by atoms with van der Waals surface area (Å²) in [6, 6.07) is 14.0. The van der Waals surface area contributed by atoms with Gasteiger partial charge >= 0.3 is 0 Å². The number of unbranched alkanes of at least 4 members (excludes halogenated alkanes) is 1. The van der Waals surface area contributed by atoms with Gasteiger partial charge in [-0.2, -0.15) is 5.10 Å². The van der Waals surface area contributed by atoms with Crippen LogP contribution in [0.15, 0.2) is 66.3 Å². The smallest absolute Gasteiger partial charge is 0.271 e. The lowest BCUT2D eigenvalue weighted by molar-refractivity contribution is -0.116. The molecule has 0 aromatic heterocycles. The van der Waals surface area contributed by atoms with Crippen LogP contribution in [-0.4, -0.2) is 24.6 Å². The van der Waals surface area contributed by atoms with E-state index in [4.69, 9.17) is 4.74 Å². The van der Waals surface area contributed by atoms with Crippen LogP contribution in [0.25, 0.3) is 0 Å². The van der Waals surface area contributed by atoms with Crippen LogP contribution >= 0.6 is 0 Å². The molecule has 6 heteroatoms. The SMILES string of the molecule is C=CCOc1ccccc1/C=N/NC(=O)c1ccc(NC(=O)CCCC)cc1. The Bertz CT molecular complexity index is 829. The fourth-order valence-electron chi connectivity index (χ4n) is 2.36. The Hall–Kier alpha value is -3.41. The summed E-state index contributed by atoms with van der Waals surface area (Å²) < 4.78 is 5.54. The van der Waals surface area contributed by atoms with Gasteiger partial charge in [-0.05, 0) is 42.8 Å². The maximum atomic E-state index is 12.2. The molecule has 28 heavy (non-hydrogen) atoms. The molecular formula is C22H25N3O3. The van der Waals surface area contributed by atoms with E-state index in [1.54, 1.807) is 30.3 Å². The molecule has 0 fully saturated rings. The Morgan fingerprint density at radius 3 is 2.61 bits per heavy atom. The molecule has 0 saturated carbocycles. The van der Waals surface area contributed by atoms with E-state index >= 15 is 0 Å². The van der Waals surface area contributed by atoms with Crippen LogP contribution in [0.5, 0.6) is 5.75 Å². The van der Waals surface area contributed by atoms with Gasteiger partial charge in [0.2, 0.25) is 5.91 Å². The topological polar surface area (TPSA) is 79.8 Å². The summed E-state index contributed by atoms with van der Waals surface area (Å²) in [4.78, 5) is 23.9. The average molecular weight is 379 g/mol. The first-order valence-corrected chi connectivity index (χ1v) is 9.20. The van der Waals surface area contributed by atoms with Crippen LogP contribution in [-0.2, 0) is 4.79 Å². The standard InChI is InChI=1S/C22H25N3O3/c1-3-5-10-21(26)24-19-13-11-17(12-14-19)22(27)25-23-16-18-8-6-7-9-20(18)28-15-4-2/h4,6-9,11-14,16H,2-3,5,10,15H2,1H3,(H,24,26)(H,25,27)/b23-16+. The van der Waals surface area contributed by atoms with E-state index in [0.29, 0.717) is 30.0 Å². The number of anilines is 1. The number of amides is 2. The molecule has 2 aromatic carbocycles. The van der Waals surface area contributed by atoms with Crippen LogP contribution in [0.2, 0.25) is 0 Å². The number of hydrogen-bond acceptors (Lipinski definition) is 4. The van der Waals surface area contributed by atoms with Crippen molar-refractivity contribution in [3.05, 3.63) is 72.3 Å². The van der Waals surface area contributed by atoms with Crippen LogP contribution in [0.3, 0.4) is 0 Å². The summed E-state index contributed by atoms with van der Waals surface area (Å²) in [6.45, 7) is 6.05. The number of para-hydroxylation sites is 1. The summed E-state index contributed by atoms with van der Waals surface area (Å²) in [5.41, 5.74) is 4.34. The molecule has 146 valence electrons. The normalized spacial score (nSPS) is 10.5. The van der Waals surface area contributed by atoms with Gasteiger partial charge < -0.3 is 10.1 Å². The first kappa shape index (κ1) is 20.9. The van der Waals surface area contributed by atoms with E-state index in [2.05, 4.69) is 22.4 Å². The molecule has 0 aliphatic carbocycles. The molecule has 0 aliphatic heterocycles. The van der Waals surface area contributed by atoms with E-state index in [0.717, 1.165) is 18.4 Å². The quantitative estimate of drug-likeness (QED) is 0.370. The average Bonchev–Trinajstić information content (AvgIpc) is 2.72. The lowest BCUT2D eigenvalue weighted by atomic mass is 10.2. The number of ether oxygens (including phenoxy) is 1. The van der Waals surface area contributed by atoms with Gasteiger partial charge in [-0.1, -0.05) is 38.1 Å². The van der Waals surface area contributed by atoms with Crippen LogP contribution in [0, 0.1) is 0 Å². The van der Waals surface area contributed by atoms with E-state index in [9.17, 15) is 9.59 Å². The Balaban J connectivity index is 1.92. The number of rotatable bonds is 10. The summed E-state index contributed by atoms with van der Waals surface area (Å²) in [6.07, 6.45) is 5.50. The molecular weight excluding hydrogens is 354 g/mol. The largest absolute Gasteiger partial charge is 0.489 e. The minimum Gasteiger partial charge on any atom is -0.489 e. The van der Waals surface area contributed by atoms with Gasteiger partial charge in [0.15, 0.2) is 0 Å². The summed E-state index contributed by atoms with van der Waals surface area (Å²) in [5, 5.41) is 6.80. The number of nitrogens with zero attached hydrogens (tertiary/aromatic N) is 1. The van der Waals surface area contributed by atoms with Crippen molar-refractivity contribution in [2.24, 2.45) is 5.10 Å². The van der Waals surface area contributed by atoms with E-state index in [-0.39, 0.29) is 11.8 Å². The Labute approximate surface area is 165 Å². The van der Waals surface area contributed by atoms with Gasteiger partial charge in [0.25, 0.3) is 5.91 Å². The van der Waals surface area contributed by atoms with Gasteiger partial charge in [0.05, 0.1) is 6.21 Å². The zero-order valence-corrected chi connectivity index (χ0v) is 16.0. The molecule has 0 heterocycles. The minimum absolute atomic E-state index is 0.0269. The lowest BCUT2D eigenvalue weighted by Crippen LogP contribution is -2.18. The third-order valence-corrected chi connectivity index (χ3v) is 3.83. The first-order valence-electron chi connectivity index (χ1n) is 9.20. The second-order valence-corrected chi connectivity index (χ2v) is 6.07. The van der Waals surface area contributed by atoms with Crippen molar-refractivity contribution in [2.75, 3.05) is 11.9 Å². The maximum Gasteiger partial charge on any atom is 0.271 e. The van der Waals surface area contributed by atoms with Crippen LogP contribution in [0.1, 0.15) is 42.1 Å². The molecule has 0 bridgehead atoms. The third-order valence-electron chi connectivity index (χ3n) is 3.83. The highest BCUT2D eigenvalue weighted by atomic mass is 16.5. The van der Waals surface area contributed by atoms with E-state index in [1.807, 2.05) is 31.2 Å². The lowest BCUT2D eigenvalue weighted by Gasteiger charge is -2.07. The molecule has 2 amide bonds. The van der Waals surface area contributed by atoms with Gasteiger partial charge in [0.1, 0.15) is 12.4 Å². The molecule has 2 aromatic rings. The minimum atomic E-state index is -0.343. The third kappa shape index (κ3) is 6.72. The van der Waals surface area contributed by atoms with Crippen molar-refractivity contribution >= 4 is 23.7 Å². The predicted octanol–water partition coefficient (Wildman–Crippen LogP) is 4.14. The molecule has 0 radical (unpaired) electrons. The number of hydrogen-bond donors (Lipinski definition) is 2. The zero-order chi connectivity index (χ0) is 20.2. The van der Waals surface area contributed by atoms with Gasteiger partial charge in [-0.3, -0.25) is 9.59 Å². The van der Waals surface area contributed by atoms with Crippen molar-refractivity contribution in [1.29, 1.82) is 0 Å². The van der Waals surface area contributed by atoms with Gasteiger partial charge in [-0.15, -0.1) is 0 Å². The molecule has 0 spiro atoms. The van der Waals surface area contributed by atoms with E-state index in [1.165, 1.54) is 6.21 Å². The summed E-state index contributed by atoms with van der Waals surface area (Å²) >= 11 is 0. The van der Waals surface area contributed by atoms with Gasteiger partial charge in [0, 0.05) is 23.2 Å². The molecule has 6 nitrogen and oxygen atoms in total. The Morgan fingerprint density at radius 1 is 1.14 bits per heavy atom. The highest BCUT2D eigenvalue weighted by Gasteiger charge is 2.06. The number of hydrazone groups is 1. The fraction of sp³-hybridized carbons (Fsp3) is 0.227. The molecule has 0 saturated heterocycles. The molecule has 0 unspecified atom stereocenters. The number of benzene rings is 2. The highest BCUT2D eigenvalue weighted by Crippen LogP contribution is 2.15. The predicted molar refractivity (Wildman–Crippen MR) is 112 cm³/mol. The number of carbonyl (C=O) groups is 2. The van der Waals surface area contributed by atoms with Crippen molar-refractivity contribution in [3.8, 4) is 5.75 Å². The number of nitrogens with one attached hydrogen (secondary N) is 2. The second-order valence-electron chi connectivity index (χ2n) is 6.07. The van der Waals surface area contributed by atoms with Gasteiger partial charge in [-0.25, -0.2) is 5.43 Å². The fourth-order valence-corrected chi connectivity index (χ4v) is 2.36. The first-order chi connectivity index (χ1) is 13.6. The van der Waals surface area contributed by atoms with Crippen LogP contribution in [0.4, 0.5) is 5.69 Å². The second kappa shape index (κ2) is 11.3. The molecule has 2 rings (SSSR count). The summed E-state index contributed by atoms with van der Waals surface area (Å²) in [5.74, 6) is 0.286. The van der Waals surface area contributed by atoms with Crippen molar-refractivity contribution in [2.45, 2.75) is 26.2 Å². The molecule has 0 aliphatic rings. The molecule has 2 N–H and O–H groups in total. The Kier molecular flexibility index (Phi) is 8.46. The maximum absolute atomic E-state index is 12.2. The van der Waals surface area contributed by atoms with Crippen LogP contribution < -0.4 is 15.5 Å². The van der Waals surface area contributed by atoms with Crippen molar-refractivity contribution in [3.63, 3.8) is 0 Å². The number of carbonyl (C=O) groups excluding carboxylic acids is 2. The van der Waals surface area contributed by atoms with Crippen molar-refractivity contribution < 1.29 is 14.3 Å². The zero-order valence-electron chi connectivity index (χ0n) is 16.0. The monoisotopic (exact) mass is 379 g/mol. The summed E-state index contributed by atoms with van der Waals surface area (Å²) in [7, 11) is 0. The van der Waals surface area contributed by atoms with E-state index < -0.39 is 0 Å². The Morgan fingerprint density at radius 2 is 1.89 bits per heavy atom.